The number of anilines is 3. The first-order valence-electron chi connectivity index (χ1n) is 6.27. The average Bonchev–Trinajstić information content (AvgIpc) is 3.25. The summed E-state index contributed by atoms with van der Waals surface area (Å²) < 4.78 is 13.8. The van der Waals surface area contributed by atoms with Gasteiger partial charge in [-0.2, -0.15) is 5.26 Å². The number of hydrogen-bond acceptors (Lipinski definition) is 5. The maximum atomic E-state index is 13.8. The van der Waals surface area contributed by atoms with Crippen molar-refractivity contribution in [2.24, 2.45) is 0 Å². The van der Waals surface area contributed by atoms with E-state index >= 15 is 0 Å². The molecular weight excluding hydrogens is 257 g/mol. The Bertz CT molecular complexity index is 703. The van der Waals surface area contributed by atoms with Crippen molar-refractivity contribution in [3.8, 4) is 6.07 Å². The molecule has 3 rings (SSSR count). The van der Waals surface area contributed by atoms with Crippen LogP contribution in [0.25, 0.3) is 0 Å². The smallest absolute Gasteiger partial charge is 0.147 e. The molecule has 0 radical (unpaired) electrons. The molecule has 0 atom stereocenters. The van der Waals surface area contributed by atoms with Gasteiger partial charge < -0.3 is 11.1 Å². The van der Waals surface area contributed by atoms with Crippen LogP contribution in [-0.4, -0.2) is 9.97 Å². The fourth-order valence-corrected chi connectivity index (χ4v) is 1.90. The number of hydrogen-bond donors (Lipinski definition) is 2. The Morgan fingerprint density at radius 3 is 2.75 bits per heavy atom. The summed E-state index contributed by atoms with van der Waals surface area (Å²) in [5.41, 5.74) is 6.26. The number of nitrogen functional groups attached to an aromatic ring is 1. The monoisotopic (exact) mass is 269 g/mol. The minimum atomic E-state index is -0.505. The largest absolute Gasteiger partial charge is 0.384 e. The SMILES string of the molecule is N#Cc1ccc(Nc2cc(N)nc(C3CC3)n2)c(F)c1. The van der Waals surface area contributed by atoms with Crippen LogP contribution < -0.4 is 11.1 Å². The van der Waals surface area contributed by atoms with E-state index in [4.69, 9.17) is 11.0 Å². The highest BCUT2D eigenvalue weighted by molar-refractivity contribution is 5.60. The van der Waals surface area contributed by atoms with Gasteiger partial charge in [0.05, 0.1) is 17.3 Å². The minimum absolute atomic E-state index is 0.254. The summed E-state index contributed by atoms with van der Waals surface area (Å²) in [6.45, 7) is 0. The van der Waals surface area contributed by atoms with E-state index in [1.165, 1.54) is 18.2 Å². The second-order valence-corrected chi connectivity index (χ2v) is 4.74. The van der Waals surface area contributed by atoms with Gasteiger partial charge in [0.15, 0.2) is 0 Å². The normalized spacial score (nSPS) is 13.8. The van der Waals surface area contributed by atoms with Gasteiger partial charge in [-0.05, 0) is 31.0 Å². The lowest BCUT2D eigenvalue weighted by molar-refractivity contribution is 0.631. The first kappa shape index (κ1) is 12.4. The molecule has 0 unspecified atom stereocenters. The summed E-state index contributed by atoms with van der Waals surface area (Å²) in [6.07, 6.45) is 2.13. The Morgan fingerprint density at radius 1 is 1.30 bits per heavy atom. The van der Waals surface area contributed by atoms with Crippen molar-refractivity contribution < 1.29 is 4.39 Å². The average molecular weight is 269 g/mol. The van der Waals surface area contributed by atoms with Crippen molar-refractivity contribution in [3.63, 3.8) is 0 Å². The minimum Gasteiger partial charge on any atom is -0.384 e. The molecule has 0 bridgehead atoms. The standard InChI is InChI=1S/C14H12FN5/c15-10-5-8(7-16)1-4-11(10)18-13-6-12(17)19-14(20-13)9-2-3-9/h1,4-6,9H,2-3H2,(H3,17,18,19,20). The molecule has 0 saturated heterocycles. The van der Waals surface area contributed by atoms with Crippen LogP contribution in [0.15, 0.2) is 24.3 Å². The van der Waals surface area contributed by atoms with Gasteiger partial charge in [0.2, 0.25) is 0 Å². The topological polar surface area (TPSA) is 87.6 Å². The van der Waals surface area contributed by atoms with Gasteiger partial charge in [0, 0.05) is 12.0 Å². The zero-order valence-corrected chi connectivity index (χ0v) is 10.6. The van der Waals surface area contributed by atoms with E-state index in [1.54, 1.807) is 6.07 Å². The van der Waals surface area contributed by atoms with Gasteiger partial charge in [0.1, 0.15) is 23.3 Å². The number of halogens is 1. The number of aromatic nitrogens is 2. The Kier molecular flexibility index (Phi) is 2.95. The molecule has 1 aliphatic carbocycles. The highest BCUT2D eigenvalue weighted by Crippen LogP contribution is 2.38. The fraction of sp³-hybridized carbons (Fsp3) is 0.214. The van der Waals surface area contributed by atoms with Crippen molar-refractivity contribution in [2.75, 3.05) is 11.1 Å². The van der Waals surface area contributed by atoms with Crippen LogP contribution in [0.1, 0.15) is 30.1 Å². The van der Waals surface area contributed by atoms with Crippen LogP contribution >= 0.6 is 0 Å². The van der Waals surface area contributed by atoms with Crippen molar-refractivity contribution in [2.45, 2.75) is 18.8 Å². The molecule has 1 aromatic heterocycles. The number of nitrogens with one attached hydrogen (secondary N) is 1. The van der Waals surface area contributed by atoms with E-state index in [2.05, 4.69) is 15.3 Å². The third kappa shape index (κ3) is 2.52. The third-order valence-electron chi connectivity index (χ3n) is 3.07. The number of benzene rings is 1. The van der Waals surface area contributed by atoms with E-state index in [9.17, 15) is 4.39 Å². The van der Waals surface area contributed by atoms with Gasteiger partial charge in [-0.25, -0.2) is 14.4 Å². The zero-order chi connectivity index (χ0) is 14.1. The van der Waals surface area contributed by atoms with E-state index in [0.29, 0.717) is 23.4 Å². The molecule has 6 heteroatoms. The first-order chi connectivity index (χ1) is 9.65. The van der Waals surface area contributed by atoms with Crippen LogP contribution in [0.5, 0.6) is 0 Å². The van der Waals surface area contributed by atoms with Gasteiger partial charge in [-0.3, -0.25) is 0 Å². The molecule has 2 aromatic rings. The zero-order valence-electron chi connectivity index (χ0n) is 10.6. The molecule has 1 aliphatic rings. The maximum Gasteiger partial charge on any atom is 0.147 e. The summed E-state index contributed by atoms with van der Waals surface area (Å²) in [7, 11) is 0. The van der Waals surface area contributed by atoms with Crippen LogP contribution in [0.2, 0.25) is 0 Å². The van der Waals surface area contributed by atoms with Crippen molar-refractivity contribution >= 4 is 17.3 Å². The van der Waals surface area contributed by atoms with Crippen molar-refractivity contribution in [3.05, 3.63) is 41.5 Å². The second kappa shape index (κ2) is 4.78. The highest BCUT2D eigenvalue weighted by atomic mass is 19.1. The molecule has 5 nitrogen and oxygen atoms in total. The van der Waals surface area contributed by atoms with Crippen molar-refractivity contribution in [1.29, 1.82) is 5.26 Å². The number of nitriles is 1. The Morgan fingerprint density at radius 2 is 2.10 bits per heavy atom. The first-order valence-corrected chi connectivity index (χ1v) is 6.27. The molecule has 3 N–H and O–H groups in total. The van der Waals surface area contributed by atoms with E-state index in [0.717, 1.165) is 12.8 Å². The number of rotatable bonds is 3. The lowest BCUT2D eigenvalue weighted by atomic mass is 10.2. The summed E-state index contributed by atoms with van der Waals surface area (Å²) >= 11 is 0. The van der Waals surface area contributed by atoms with E-state index in [1.807, 2.05) is 6.07 Å². The molecular formula is C14H12FN5. The maximum absolute atomic E-state index is 13.8. The lowest BCUT2D eigenvalue weighted by Crippen LogP contribution is -2.03. The van der Waals surface area contributed by atoms with Crippen LogP contribution in [0.4, 0.5) is 21.7 Å². The molecule has 100 valence electrons. The second-order valence-electron chi connectivity index (χ2n) is 4.74. The molecule has 0 spiro atoms. The summed E-state index contributed by atoms with van der Waals surface area (Å²) in [6, 6.07) is 7.66. The van der Waals surface area contributed by atoms with Crippen LogP contribution in [-0.2, 0) is 0 Å². The third-order valence-corrected chi connectivity index (χ3v) is 3.07. The van der Waals surface area contributed by atoms with Crippen LogP contribution in [0, 0.1) is 17.1 Å². The van der Waals surface area contributed by atoms with Gasteiger partial charge in [-0.1, -0.05) is 0 Å². The van der Waals surface area contributed by atoms with Gasteiger partial charge >= 0.3 is 0 Å². The molecule has 1 saturated carbocycles. The number of nitrogens with two attached hydrogens (primary N) is 1. The number of nitrogens with zero attached hydrogens (tertiary/aromatic N) is 3. The Hall–Kier alpha value is -2.68. The molecule has 0 aliphatic heterocycles. The van der Waals surface area contributed by atoms with Gasteiger partial charge in [0.25, 0.3) is 0 Å². The molecule has 1 heterocycles. The summed E-state index contributed by atoms with van der Waals surface area (Å²) in [5, 5.41) is 11.6. The molecule has 1 fully saturated rings. The fourth-order valence-electron chi connectivity index (χ4n) is 1.90. The highest BCUT2D eigenvalue weighted by Gasteiger charge is 2.27. The lowest BCUT2D eigenvalue weighted by Gasteiger charge is -2.09. The summed E-state index contributed by atoms with van der Waals surface area (Å²) in [4.78, 5) is 8.52. The predicted molar refractivity (Wildman–Crippen MR) is 72.8 cm³/mol. The summed E-state index contributed by atoms with van der Waals surface area (Å²) in [5.74, 6) is 1.38. The van der Waals surface area contributed by atoms with Crippen LogP contribution in [0.3, 0.4) is 0 Å². The van der Waals surface area contributed by atoms with Crippen molar-refractivity contribution in [1.82, 2.24) is 9.97 Å². The van der Waals surface area contributed by atoms with Gasteiger partial charge in [-0.15, -0.1) is 0 Å². The molecule has 20 heavy (non-hydrogen) atoms. The molecule has 1 aromatic carbocycles. The quantitative estimate of drug-likeness (QED) is 0.894. The van der Waals surface area contributed by atoms with E-state index < -0.39 is 5.82 Å². The Labute approximate surface area is 115 Å². The van der Waals surface area contributed by atoms with E-state index in [-0.39, 0.29) is 11.3 Å². The Balaban J connectivity index is 1.89. The molecule has 0 amide bonds. The predicted octanol–water partition coefficient (Wildman–Crippen LogP) is 2.69.